The molecular formula is C19H21N3O2. The lowest BCUT2D eigenvalue weighted by Gasteiger charge is -2.21. The van der Waals surface area contributed by atoms with Crippen LogP contribution in [-0.4, -0.2) is 40.8 Å². The highest BCUT2D eigenvalue weighted by atomic mass is 16.2. The average molecular weight is 323 g/mol. The molecule has 1 aromatic heterocycles. The van der Waals surface area contributed by atoms with E-state index in [-0.39, 0.29) is 11.8 Å². The molecule has 0 unspecified atom stereocenters. The molecule has 0 bridgehead atoms. The van der Waals surface area contributed by atoms with Gasteiger partial charge in [0.05, 0.1) is 0 Å². The molecule has 124 valence electrons. The van der Waals surface area contributed by atoms with Crippen molar-refractivity contribution in [2.75, 3.05) is 13.1 Å². The zero-order chi connectivity index (χ0) is 16.9. The highest BCUT2D eigenvalue weighted by Gasteiger charge is 2.25. The highest BCUT2D eigenvalue weighted by Crippen LogP contribution is 2.19. The molecule has 1 N–H and O–H groups in total. The second kappa shape index (κ2) is 7.25. The Morgan fingerprint density at radius 2 is 1.79 bits per heavy atom. The van der Waals surface area contributed by atoms with Gasteiger partial charge in [-0.25, -0.2) is 0 Å². The molecule has 0 radical (unpaired) electrons. The Bertz CT molecular complexity index is 724. The van der Waals surface area contributed by atoms with Gasteiger partial charge in [0.2, 0.25) is 5.91 Å². The molecule has 5 heteroatoms. The fourth-order valence-corrected chi connectivity index (χ4v) is 2.91. The maximum atomic E-state index is 12.4. The maximum Gasteiger partial charge on any atom is 0.270 e. The zero-order valence-electron chi connectivity index (χ0n) is 13.7. The lowest BCUT2D eigenvalue weighted by atomic mass is 10.1. The highest BCUT2D eigenvalue weighted by molar-refractivity contribution is 5.96. The van der Waals surface area contributed by atoms with Crippen LogP contribution in [0.2, 0.25) is 0 Å². The summed E-state index contributed by atoms with van der Waals surface area (Å²) >= 11 is 0. The van der Waals surface area contributed by atoms with Crippen LogP contribution in [0.15, 0.2) is 48.7 Å². The van der Waals surface area contributed by atoms with E-state index >= 15 is 0 Å². The van der Waals surface area contributed by atoms with E-state index in [2.05, 4.69) is 10.3 Å². The zero-order valence-corrected chi connectivity index (χ0v) is 13.7. The molecular weight excluding hydrogens is 302 g/mol. The van der Waals surface area contributed by atoms with E-state index in [0.29, 0.717) is 5.69 Å². The number of pyridine rings is 1. The van der Waals surface area contributed by atoms with Crippen molar-refractivity contribution in [2.24, 2.45) is 0 Å². The number of benzene rings is 1. The van der Waals surface area contributed by atoms with E-state index < -0.39 is 6.04 Å². The first-order chi connectivity index (χ1) is 11.6. The topological polar surface area (TPSA) is 62.3 Å². The Hall–Kier alpha value is -2.69. The molecule has 1 saturated heterocycles. The number of rotatable bonds is 4. The van der Waals surface area contributed by atoms with Gasteiger partial charge < -0.3 is 10.2 Å². The number of amides is 2. The van der Waals surface area contributed by atoms with Crippen LogP contribution in [0.25, 0.3) is 11.1 Å². The van der Waals surface area contributed by atoms with Gasteiger partial charge >= 0.3 is 0 Å². The monoisotopic (exact) mass is 323 g/mol. The largest absolute Gasteiger partial charge is 0.341 e. The summed E-state index contributed by atoms with van der Waals surface area (Å²) in [4.78, 5) is 30.6. The van der Waals surface area contributed by atoms with Crippen molar-refractivity contribution < 1.29 is 9.59 Å². The lowest BCUT2D eigenvalue weighted by molar-refractivity contribution is -0.131. The third-order valence-electron chi connectivity index (χ3n) is 4.24. The minimum Gasteiger partial charge on any atom is -0.341 e. The van der Waals surface area contributed by atoms with Crippen LogP contribution in [0.1, 0.15) is 30.3 Å². The molecule has 1 aliphatic heterocycles. The Kier molecular flexibility index (Phi) is 4.89. The predicted octanol–water partition coefficient (Wildman–Crippen LogP) is 2.49. The van der Waals surface area contributed by atoms with Crippen molar-refractivity contribution in [3.8, 4) is 11.1 Å². The summed E-state index contributed by atoms with van der Waals surface area (Å²) in [5, 5.41) is 2.76. The molecule has 24 heavy (non-hydrogen) atoms. The molecule has 2 heterocycles. The summed E-state index contributed by atoms with van der Waals surface area (Å²) in [6.07, 6.45) is 3.68. The van der Waals surface area contributed by atoms with Crippen LogP contribution in [0, 0.1) is 0 Å². The van der Waals surface area contributed by atoms with Gasteiger partial charge in [-0.15, -0.1) is 0 Å². The Labute approximate surface area is 141 Å². The quantitative estimate of drug-likeness (QED) is 0.940. The molecule has 2 amide bonds. The summed E-state index contributed by atoms with van der Waals surface area (Å²) in [5.41, 5.74) is 2.27. The Balaban J connectivity index is 1.70. The molecule has 0 aliphatic carbocycles. The molecule has 1 fully saturated rings. The van der Waals surface area contributed by atoms with Gasteiger partial charge in [-0.2, -0.15) is 0 Å². The lowest BCUT2D eigenvalue weighted by Crippen LogP contribution is -2.46. The summed E-state index contributed by atoms with van der Waals surface area (Å²) in [7, 11) is 0. The van der Waals surface area contributed by atoms with Crippen LogP contribution >= 0.6 is 0 Å². The average Bonchev–Trinajstić information content (AvgIpc) is 3.16. The minimum absolute atomic E-state index is 0.0277. The number of nitrogens with zero attached hydrogens (tertiary/aromatic N) is 2. The van der Waals surface area contributed by atoms with Crippen molar-refractivity contribution in [1.82, 2.24) is 15.2 Å². The number of carbonyl (C=O) groups is 2. The Morgan fingerprint density at radius 3 is 2.50 bits per heavy atom. The summed E-state index contributed by atoms with van der Waals surface area (Å²) in [6, 6.07) is 12.9. The normalized spacial score (nSPS) is 15.1. The number of hydrogen-bond donors (Lipinski definition) is 1. The van der Waals surface area contributed by atoms with E-state index in [9.17, 15) is 9.59 Å². The smallest absolute Gasteiger partial charge is 0.270 e. The summed E-state index contributed by atoms with van der Waals surface area (Å²) in [5.74, 6) is -0.354. The molecule has 1 atom stereocenters. The molecule has 3 rings (SSSR count). The van der Waals surface area contributed by atoms with Gasteiger partial charge in [-0.1, -0.05) is 30.3 Å². The van der Waals surface area contributed by atoms with Crippen molar-refractivity contribution >= 4 is 11.8 Å². The number of hydrogen-bond acceptors (Lipinski definition) is 3. The number of carbonyl (C=O) groups excluding carboxylic acids is 2. The molecule has 2 aromatic rings. The second-order valence-corrected chi connectivity index (χ2v) is 6.02. The van der Waals surface area contributed by atoms with Crippen LogP contribution in [0.5, 0.6) is 0 Å². The molecule has 5 nitrogen and oxygen atoms in total. The first kappa shape index (κ1) is 16.2. The van der Waals surface area contributed by atoms with Gasteiger partial charge in [-0.3, -0.25) is 14.6 Å². The third-order valence-corrected chi connectivity index (χ3v) is 4.24. The van der Waals surface area contributed by atoms with E-state index in [4.69, 9.17) is 0 Å². The van der Waals surface area contributed by atoms with Gasteiger partial charge in [-0.05, 0) is 43.0 Å². The minimum atomic E-state index is -0.544. The van der Waals surface area contributed by atoms with Gasteiger partial charge in [0, 0.05) is 19.3 Å². The number of likely N-dealkylation sites (tertiary alicyclic amines) is 1. The van der Waals surface area contributed by atoms with Crippen molar-refractivity contribution in [3.05, 3.63) is 54.4 Å². The van der Waals surface area contributed by atoms with Crippen LogP contribution in [-0.2, 0) is 4.79 Å². The first-order valence-corrected chi connectivity index (χ1v) is 8.26. The standard InChI is InChI=1S/C19H21N3O2/c1-14(19(24)22-11-5-6-12-22)21-18(23)17-13-16(9-10-20-17)15-7-3-2-4-8-15/h2-4,7-10,13-14H,5-6,11-12H2,1H3,(H,21,23)/t14-/m0/s1. The van der Waals surface area contributed by atoms with E-state index in [0.717, 1.165) is 37.1 Å². The molecule has 1 aromatic carbocycles. The summed E-state index contributed by atoms with van der Waals surface area (Å²) in [6.45, 7) is 3.28. The van der Waals surface area contributed by atoms with E-state index in [1.54, 1.807) is 24.1 Å². The van der Waals surface area contributed by atoms with Gasteiger partial charge in [0.1, 0.15) is 11.7 Å². The molecule has 0 saturated carbocycles. The van der Waals surface area contributed by atoms with Crippen LogP contribution < -0.4 is 5.32 Å². The fourth-order valence-electron chi connectivity index (χ4n) is 2.91. The van der Waals surface area contributed by atoms with Crippen LogP contribution in [0.3, 0.4) is 0 Å². The van der Waals surface area contributed by atoms with Crippen LogP contribution in [0.4, 0.5) is 0 Å². The van der Waals surface area contributed by atoms with Crippen molar-refractivity contribution in [2.45, 2.75) is 25.8 Å². The predicted molar refractivity (Wildman–Crippen MR) is 92.4 cm³/mol. The third kappa shape index (κ3) is 3.62. The van der Waals surface area contributed by atoms with Gasteiger partial charge in [0.25, 0.3) is 5.91 Å². The van der Waals surface area contributed by atoms with Crippen molar-refractivity contribution in [3.63, 3.8) is 0 Å². The Morgan fingerprint density at radius 1 is 1.08 bits per heavy atom. The maximum absolute atomic E-state index is 12.4. The fraction of sp³-hybridized carbons (Fsp3) is 0.316. The summed E-state index contributed by atoms with van der Waals surface area (Å²) < 4.78 is 0. The SMILES string of the molecule is C[C@H](NC(=O)c1cc(-c2ccccc2)ccn1)C(=O)N1CCCC1. The molecule has 0 spiro atoms. The van der Waals surface area contributed by atoms with Crippen molar-refractivity contribution in [1.29, 1.82) is 0 Å². The van der Waals surface area contributed by atoms with Gasteiger partial charge in [0.15, 0.2) is 0 Å². The van der Waals surface area contributed by atoms with E-state index in [1.165, 1.54) is 0 Å². The first-order valence-electron chi connectivity index (χ1n) is 8.26. The second-order valence-electron chi connectivity index (χ2n) is 6.02. The van der Waals surface area contributed by atoms with E-state index in [1.807, 2.05) is 36.4 Å². The number of aromatic nitrogens is 1. The molecule has 1 aliphatic rings. The number of nitrogens with one attached hydrogen (secondary N) is 1.